The highest BCUT2D eigenvalue weighted by molar-refractivity contribution is 7.90. The molecule has 16 rings (SSSR count). The molecule has 0 radical (unpaired) electrons. The van der Waals surface area contributed by atoms with E-state index in [0.29, 0.717) is 64.2 Å². The number of hydrogen-bond acceptors (Lipinski definition) is 13. The minimum atomic E-state index is -3.86. The minimum Gasteiger partial charge on any atom is -0.370 e. The van der Waals surface area contributed by atoms with Gasteiger partial charge in [0.1, 0.15) is 11.5 Å². The van der Waals surface area contributed by atoms with E-state index in [2.05, 4.69) is 153 Å². The Morgan fingerprint density at radius 3 is 1.30 bits per heavy atom. The van der Waals surface area contributed by atoms with Crippen molar-refractivity contribution in [3.8, 4) is 0 Å². The van der Waals surface area contributed by atoms with Crippen LogP contribution in [0.15, 0.2) is 209 Å². The number of nitrogens with zero attached hydrogens (tertiary/aromatic N) is 8. The highest BCUT2D eigenvalue weighted by Gasteiger charge is 2.51. The maximum absolute atomic E-state index is 13.8. The second kappa shape index (κ2) is 41.4. The average Bonchev–Trinajstić information content (AvgIpc) is 0.764. The number of carbonyl (C=O) groups is 3. The lowest BCUT2D eigenvalue weighted by atomic mass is 9.61. The molecular weight excluding hydrogens is 1700 g/mol. The van der Waals surface area contributed by atoms with Crippen LogP contribution in [0.2, 0.25) is 10.0 Å². The Morgan fingerprint density at radius 2 is 0.836 bits per heavy atom. The van der Waals surface area contributed by atoms with Gasteiger partial charge in [-0.1, -0.05) is 200 Å². The van der Waals surface area contributed by atoms with E-state index in [4.69, 9.17) is 27.9 Å². The van der Waals surface area contributed by atoms with Crippen molar-refractivity contribution in [2.45, 2.75) is 244 Å². The fraction of sp³-hybridized carbons (Fsp3) is 0.529. The first-order valence-corrected chi connectivity index (χ1v) is 52.1. The first-order valence-electron chi connectivity index (χ1n) is 47.0. The molecule has 3 atom stereocenters. The third-order valence-electron chi connectivity index (χ3n) is 31.5. The summed E-state index contributed by atoms with van der Waals surface area (Å²) in [5.41, 5.74) is 8.19. The number of hydrogen-bond donors (Lipinski definition) is 1. The fourth-order valence-corrected chi connectivity index (χ4v) is 28.8. The lowest BCUT2D eigenvalue weighted by molar-refractivity contribution is -0.140. The Hall–Kier alpha value is -7.42. The van der Waals surface area contributed by atoms with Crippen molar-refractivity contribution in [3.63, 3.8) is 0 Å². The minimum absolute atomic E-state index is 0.000233. The van der Waals surface area contributed by atoms with Crippen LogP contribution in [0.1, 0.15) is 218 Å². The SMILES string of the molecule is CN(C)C1(c2ccccc2)CCC2(CCN(C(=O)C[C@@H](NS(=O)(=O)c3ccc4ccccc4c3)c3ccccc3)CC2)CC1.Cc1cc(S(=O)(=O)N2CCCCC2CCC(=O)N2CCC3(CC2)CCC(c2ccccc2)(N(C)C)CC3)c(C)cc1Cl.Cc1cccc(Cl)c1S(=O)(=O)N1CCCC[C@H]1COCC(=O)N1CCC2(CC1)CCC(c1ccccc1)(N(C)C)CC2. The topological polar surface area (TPSA) is 201 Å². The molecule has 24 heteroatoms. The zero-order valence-electron chi connectivity index (χ0n) is 77.0. The number of nitrogens with one attached hydrogen (secondary N) is 1. The molecule has 128 heavy (non-hydrogen) atoms. The summed E-state index contributed by atoms with van der Waals surface area (Å²) in [5, 5.41) is 2.66. The molecular formula is C104H137Cl2N9O10S3. The molecule has 8 fully saturated rings. The number of likely N-dealkylation sites (tertiary alicyclic amines) is 3. The number of fused-ring (bicyclic) bond motifs is 1. The van der Waals surface area contributed by atoms with Gasteiger partial charge in [0, 0.05) is 98.9 Å². The molecule has 690 valence electrons. The zero-order valence-corrected chi connectivity index (χ0v) is 81.0. The van der Waals surface area contributed by atoms with E-state index in [1.54, 1.807) is 60.6 Å². The lowest BCUT2D eigenvalue weighted by Crippen LogP contribution is -2.51. The number of piperidine rings is 5. The van der Waals surface area contributed by atoms with E-state index in [9.17, 15) is 39.6 Å². The highest BCUT2D eigenvalue weighted by atomic mass is 35.5. The van der Waals surface area contributed by atoms with Gasteiger partial charge in [0.25, 0.3) is 0 Å². The van der Waals surface area contributed by atoms with Gasteiger partial charge in [0.15, 0.2) is 0 Å². The van der Waals surface area contributed by atoms with E-state index in [0.717, 1.165) is 183 Å². The second-order valence-electron chi connectivity index (χ2n) is 39.2. The van der Waals surface area contributed by atoms with Crippen LogP contribution in [-0.4, -0.2) is 201 Å². The maximum atomic E-state index is 13.8. The van der Waals surface area contributed by atoms with Gasteiger partial charge in [-0.05, 0) is 307 Å². The molecule has 1 N–H and O–H groups in total. The molecule has 3 aliphatic carbocycles. The molecule has 5 heterocycles. The van der Waals surface area contributed by atoms with Crippen LogP contribution in [0, 0.1) is 37.0 Å². The molecule has 5 aliphatic heterocycles. The summed E-state index contributed by atoms with van der Waals surface area (Å²) in [6.45, 7) is 11.1. The van der Waals surface area contributed by atoms with E-state index in [-0.39, 0.29) is 86.3 Å². The van der Waals surface area contributed by atoms with Crippen LogP contribution >= 0.6 is 23.2 Å². The fourth-order valence-electron chi connectivity index (χ4n) is 22.9. The van der Waals surface area contributed by atoms with E-state index >= 15 is 0 Å². The summed E-state index contributed by atoms with van der Waals surface area (Å²) in [6.07, 6.45) is 26.2. The van der Waals surface area contributed by atoms with Crippen molar-refractivity contribution < 1.29 is 44.4 Å². The summed E-state index contributed by atoms with van der Waals surface area (Å²) in [4.78, 5) is 54.1. The van der Waals surface area contributed by atoms with E-state index in [1.165, 1.54) is 46.7 Å². The van der Waals surface area contributed by atoms with E-state index in [1.807, 2.05) is 82.3 Å². The first kappa shape index (κ1) is 96.6. The van der Waals surface area contributed by atoms with Crippen LogP contribution in [-0.2, 0) is 65.8 Å². The quantitative estimate of drug-likeness (QED) is 0.0634. The maximum Gasteiger partial charge on any atom is 0.248 e. The summed E-state index contributed by atoms with van der Waals surface area (Å²) in [5.74, 6) is 0.173. The highest BCUT2D eigenvalue weighted by Crippen LogP contribution is 2.56. The number of rotatable bonds is 23. The van der Waals surface area contributed by atoms with Crippen LogP contribution < -0.4 is 4.72 Å². The zero-order chi connectivity index (χ0) is 90.9. The number of ether oxygens (including phenoxy) is 1. The number of carbonyl (C=O) groups excluding carboxylic acids is 3. The van der Waals surface area contributed by atoms with Crippen molar-refractivity contribution in [3.05, 3.63) is 243 Å². The molecule has 5 saturated heterocycles. The molecule has 8 aliphatic rings. The predicted octanol–water partition coefficient (Wildman–Crippen LogP) is 19.7. The van der Waals surface area contributed by atoms with Gasteiger partial charge >= 0.3 is 0 Å². The van der Waals surface area contributed by atoms with Crippen LogP contribution in [0.25, 0.3) is 10.8 Å². The van der Waals surface area contributed by atoms with Crippen LogP contribution in [0.3, 0.4) is 0 Å². The largest absolute Gasteiger partial charge is 0.370 e. The number of aryl methyl sites for hydroxylation is 3. The molecule has 0 aromatic heterocycles. The molecule has 3 saturated carbocycles. The molecule has 0 bridgehead atoms. The van der Waals surface area contributed by atoms with E-state index < -0.39 is 36.1 Å². The van der Waals surface area contributed by atoms with Gasteiger partial charge < -0.3 is 19.4 Å². The summed E-state index contributed by atoms with van der Waals surface area (Å²) in [6, 6.07) is 62.5. The van der Waals surface area contributed by atoms with Gasteiger partial charge in [-0.15, -0.1) is 0 Å². The molecule has 3 spiro atoms. The smallest absolute Gasteiger partial charge is 0.248 e. The average molecular weight is 1840 g/mol. The number of halogens is 2. The van der Waals surface area contributed by atoms with Crippen molar-refractivity contribution in [2.75, 3.05) is 108 Å². The normalized spacial score (nSPS) is 21.5. The predicted molar refractivity (Wildman–Crippen MR) is 514 cm³/mol. The Morgan fingerprint density at radius 1 is 0.414 bits per heavy atom. The standard InChI is InChI=1S/C37H43N3O3S.C34H48ClN3O3S.C33H46ClN3O4S/c1-39(2)37(32-15-7-4-8-16-32)21-19-36(20-22-37)23-25-40(26-24-36)35(41)28-34(30-12-5-3-6-13-30)38-44(42,43)33-18-17-29-11-9-10-14-31(29)27-33;1-26-25-31(27(2)24-30(26)35)42(40,41)38-21-9-8-12-29(38)13-14-32(39)37-22-19-33(20-23-37)15-17-34(18-16-33,36(3)4)28-10-6-5-7-11-28;1-26-10-9-14-29(34)31(26)42(39,40)37-21-8-7-13-28(37)24-41-25-30(38)36-22-19-32(20-23-36)15-17-33(18-16-32,35(2)3)27-11-5-4-6-12-27/h3-18,27,34,38H,19-26,28H2,1-2H3;5-7,10-11,24-25,29H,8-9,12-23H2,1-4H3;4-6,9-12,14,28H,7-8,13,15-25H2,1-3H3/t34-;;28-/m1.0/s1. The summed E-state index contributed by atoms with van der Waals surface area (Å²) >= 11 is 12.6. The lowest BCUT2D eigenvalue weighted by Gasteiger charge is -2.52. The van der Waals surface area contributed by atoms with Crippen molar-refractivity contribution in [1.82, 2.24) is 42.7 Å². The third-order valence-corrected chi connectivity index (χ3v) is 38.1. The molecule has 3 amide bonds. The van der Waals surface area contributed by atoms with Crippen LogP contribution in [0.5, 0.6) is 0 Å². The number of benzene rings is 8. The van der Waals surface area contributed by atoms with Gasteiger partial charge in [0.05, 0.1) is 27.5 Å². The molecule has 1 unspecified atom stereocenters. The van der Waals surface area contributed by atoms with Gasteiger partial charge in [-0.3, -0.25) is 29.1 Å². The van der Waals surface area contributed by atoms with Gasteiger partial charge in [0.2, 0.25) is 47.8 Å². The van der Waals surface area contributed by atoms with Crippen molar-refractivity contribution >= 4 is 81.8 Å². The summed E-state index contributed by atoms with van der Waals surface area (Å²) in [7, 11) is 1.93. The molecule has 19 nitrogen and oxygen atoms in total. The second-order valence-corrected chi connectivity index (χ2v) is 45.4. The molecule has 8 aromatic carbocycles. The Labute approximate surface area is 774 Å². The van der Waals surface area contributed by atoms with Crippen LogP contribution in [0.4, 0.5) is 0 Å². The van der Waals surface area contributed by atoms with Gasteiger partial charge in [-0.25, -0.2) is 30.0 Å². The Balaban J connectivity index is 0.000000155. The first-order chi connectivity index (χ1) is 61.2. The monoisotopic (exact) mass is 1840 g/mol. The van der Waals surface area contributed by atoms with Gasteiger partial charge in [-0.2, -0.15) is 8.61 Å². The third kappa shape index (κ3) is 21.4. The number of amides is 3. The number of sulfonamides is 3. The Bertz CT molecular complexity index is 5430. The van der Waals surface area contributed by atoms with Crippen molar-refractivity contribution in [2.24, 2.45) is 16.2 Å². The molecule has 8 aromatic rings. The summed E-state index contributed by atoms with van der Waals surface area (Å²) < 4.78 is 93.9. The van der Waals surface area contributed by atoms with Crippen molar-refractivity contribution in [1.29, 1.82) is 0 Å². The Kier molecular flexibility index (Phi) is 31.2.